The van der Waals surface area contributed by atoms with Crippen LogP contribution in [0.1, 0.15) is 20.8 Å². The molecule has 0 aliphatic heterocycles. The normalized spacial score (nSPS) is 12.0. The standard InChI is InChI=1S/C42H34N2/c1-42(2,3)44-40-22-12-11-21-36(40)37-25-24-32(28-41(37)44)43(39-23-13-18-29-16-7-10-20-35(29)39)33-26-31-17-8-9-19-34(31)38(27-33)30-14-5-4-6-15-30/h4-28H,1-3H3. The van der Waals surface area contributed by atoms with Crippen molar-refractivity contribution in [2.75, 3.05) is 4.90 Å². The largest absolute Gasteiger partial charge is 0.335 e. The van der Waals surface area contributed by atoms with E-state index in [0.29, 0.717) is 0 Å². The first-order valence-electron chi connectivity index (χ1n) is 15.4. The average Bonchev–Trinajstić information content (AvgIpc) is 3.39. The molecule has 1 aromatic heterocycles. The van der Waals surface area contributed by atoms with E-state index >= 15 is 0 Å². The second-order valence-corrected chi connectivity index (χ2v) is 12.6. The molecule has 2 nitrogen and oxygen atoms in total. The molecule has 8 rings (SSSR count). The number of hydrogen-bond donors (Lipinski definition) is 0. The van der Waals surface area contributed by atoms with Crippen LogP contribution in [0, 0.1) is 0 Å². The van der Waals surface area contributed by atoms with Crippen molar-refractivity contribution in [2.24, 2.45) is 0 Å². The highest BCUT2D eigenvalue weighted by molar-refractivity contribution is 6.10. The van der Waals surface area contributed by atoms with Gasteiger partial charge >= 0.3 is 0 Å². The fraction of sp³-hybridized carbons (Fsp3) is 0.0952. The van der Waals surface area contributed by atoms with Crippen LogP contribution < -0.4 is 4.90 Å². The highest BCUT2D eigenvalue weighted by Crippen LogP contribution is 2.44. The van der Waals surface area contributed by atoms with Crippen LogP contribution in [0.2, 0.25) is 0 Å². The van der Waals surface area contributed by atoms with Crippen LogP contribution in [-0.4, -0.2) is 4.57 Å². The van der Waals surface area contributed by atoms with Gasteiger partial charge in [0.2, 0.25) is 0 Å². The maximum atomic E-state index is 2.50. The van der Waals surface area contributed by atoms with Gasteiger partial charge in [-0.05, 0) is 84.5 Å². The molecule has 0 spiro atoms. The van der Waals surface area contributed by atoms with E-state index in [2.05, 4.69) is 182 Å². The zero-order valence-corrected chi connectivity index (χ0v) is 25.3. The summed E-state index contributed by atoms with van der Waals surface area (Å²) in [6, 6.07) is 55.3. The lowest BCUT2D eigenvalue weighted by Crippen LogP contribution is -2.21. The second kappa shape index (κ2) is 10.1. The van der Waals surface area contributed by atoms with Gasteiger partial charge in [0.15, 0.2) is 0 Å². The summed E-state index contributed by atoms with van der Waals surface area (Å²) in [5.74, 6) is 0. The summed E-state index contributed by atoms with van der Waals surface area (Å²) < 4.78 is 2.50. The Kier molecular flexibility index (Phi) is 6.06. The molecule has 1 heterocycles. The molecule has 0 saturated carbocycles. The van der Waals surface area contributed by atoms with Crippen molar-refractivity contribution in [3.8, 4) is 11.1 Å². The highest BCUT2D eigenvalue weighted by atomic mass is 15.1. The van der Waals surface area contributed by atoms with E-state index in [9.17, 15) is 0 Å². The van der Waals surface area contributed by atoms with Crippen LogP contribution >= 0.6 is 0 Å². The number of nitrogens with zero attached hydrogens (tertiary/aromatic N) is 2. The highest BCUT2D eigenvalue weighted by Gasteiger charge is 2.23. The molecule has 8 aromatic rings. The maximum Gasteiger partial charge on any atom is 0.0540 e. The van der Waals surface area contributed by atoms with Crippen molar-refractivity contribution in [1.82, 2.24) is 4.57 Å². The van der Waals surface area contributed by atoms with Gasteiger partial charge in [-0.1, -0.05) is 115 Å². The number of benzene rings is 7. The van der Waals surface area contributed by atoms with E-state index in [1.807, 2.05) is 0 Å². The van der Waals surface area contributed by atoms with Gasteiger partial charge in [0.25, 0.3) is 0 Å². The van der Waals surface area contributed by atoms with Crippen LogP contribution in [-0.2, 0) is 5.54 Å². The summed E-state index contributed by atoms with van der Waals surface area (Å²) >= 11 is 0. The zero-order valence-electron chi connectivity index (χ0n) is 25.3. The number of anilines is 3. The molecule has 0 aliphatic rings. The van der Waals surface area contributed by atoms with Crippen LogP contribution in [0.25, 0.3) is 54.5 Å². The van der Waals surface area contributed by atoms with E-state index in [1.165, 1.54) is 54.5 Å². The minimum absolute atomic E-state index is 0.0896. The predicted molar refractivity (Wildman–Crippen MR) is 190 cm³/mol. The molecule has 0 N–H and O–H groups in total. The Morgan fingerprint density at radius 1 is 0.455 bits per heavy atom. The summed E-state index contributed by atoms with van der Waals surface area (Å²) in [6.45, 7) is 6.89. The number of aromatic nitrogens is 1. The van der Waals surface area contributed by atoms with Gasteiger partial charge in [0.1, 0.15) is 0 Å². The van der Waals surface area contributed by atoms with Gasteiger partial charge in [-0.15, -0.1) is 0 Å². The summed E-state index contributed by atoms with van der Waals surface area (Å²) in [4.78, 5) is 2.45. The average molecular weight is 567 g/mol. The van der Waals surface area contributed by atoms with Gasteiger partial charge in [-0.2, -0.15) is 0 Å². The summed E-state index contributed by atoms with van der Waals surface area (Å²) in [5, 5.41) is 7.49. The van der Waals surface area contributed by atoms with E-state index in [4.69, 9.17) is 0 Å². The summed E-state index contributed by atoms with van der Waals surface area (Å²) in [5.41, 5.74) is 8.29. The number of hydrogen-bond acceptors (Lipinski definition) is 1. The fourth-order valence-electron chi connectivity index (χ4n) is 6.93. The molecule has 0 atom stereocenters. The Hall–Kier alpha value is -5.34. The first-order valence-corrected chi connectivity index (χ1v) is 15.4. The lowest BCUT2D eigenvalue weighted by atomic mass is 9.96. The van der Waals surface area contributed by atoms with E-state index in [-0.39, 0.29) is 5.54 Å². The Morgan fingerprint density at radius 2 is 1.09 bits per heavy atom. The molecular formula is C42H34N2. The molecule has 7 aromatic carbocycles. The Balaban J connectivity index is 1.46. The first kappa shape index (κ1) is 26.3. The lowest BCUT2D eigenvalue weighted by molar-refractivity contribution is 0.423. The fourth-order valence-corrected chi connectivity index (χ4v) is 6.93. The van der Waals surface area contributed by atoms with E-state index in [0.717, 1.165) is 17.1 Å². The number of para-hydroxylation sites is 1. The maximum absolute atomic E-state index is 2.50. The first-order chi connectivity index (χ1) is 21.5. The molecule has 2 heteroatoms. The van der Waals surface area contributed by atoms with Crippen LogP contribution in [0.5, 0.6) is 0 Å². The predicted octanol–water partition coefficient (Wildman–Crippen LogP) is 12.0. The quantitative estimate of drug-likeness (QED) is 0.206. The molecule has 0 radical (unpaired) electrons. The Labute approximate surface area is 258 Å². The van der Waals surface area contributed by atoms with Crippen molar-refractivity contribution >= 4 is 60.4 Å². The van der Waals surface area contributed by atoms with Gasteiger partial charge in [0.05, 0.1) is 11.2 Å². The van der Waals surface area contributed by atoms with Crippen LogP contribution in [0.4, 0.5) is 17.1 Å². The molecule has 0 unspecified atom stereocenters. The van der Waals surface area contributed by atoms with E-state index < -0.39 is 0 Å². The van der Waals surface area contributed by atoms with Gasteiger partial charge < -0.3 is 9.47 Å². The lowest BCUT2D eigenvalue weighted by Gasteiger charge is -2.29. The number of fused-ring (bicyclic) bond motifs is 5. The molecule has 0 saturated heterocycles. The SMILES string of the molecule is CC(C)(C)n1c2ccccc2c2ccc(N(c3cc(-c4ccccc4)c4ccccc4c3)c3cccc4ccccc34)cc21. The zero-order chi connectivity index (χ0) is 29.8. The summed E-state index contributed by atoms with van der Waals surface area (Å²) in [6.07, 6.45) is 0. The Bertz CT molecular complexity index is 2310. The molecule has 0 fully saturated rings. The minimum Gasteiger partial charge on any atom is -0.335 e. The topological polar surface area (TPSA) is 8.17 Å². The van der Waals surface area contributed by atoms with Crippen molar-refractivity contribution in [3.63, 3.8) is 0 Å². The van der Waals surface area contributed by atoms with Crippen LogP contribution in [0.3, 0.4) is 0 Å². The van der Waals surface area contributed by atoms with Gasteiger partial charge in [0, 0.05) is 38.6 Å². The molecule has 0 aliphatic carbocycles. The monoisotopic (exact) mass is 566 g/mol. The van der Waals surface area contributed by atoms with Gasteiger partial charge in [-0.3, -0.25) is 0 Å². The molecule has 212 valence electrons. The third kappa shape index (κ3) is 4.26. The molecular weight excluding hydrogens is 532 g/mol. The summed E-state index contributed by atoms with van der Waals surface area (Å²) in [7, 11) is 0. The third-order valence-corrected chi connectivity index (χ3v) is 8.78. The molecule has 0 amide bonds. The van der Waals surface area contributed by atoms with Gasteiger partial charge in [-0.25, -0.2) is 0 Å². The van der Waals surface area contributed by atoms with Crippen molar-refractivity contribution in [2.45, 2.75) is 26.3 Å². The number of rotatable bonds is 4. The third-order valence-electron chi connectivity index (χ3n) is 8.78. The van der Waals surface area contributed by atoms with Crippen molar-refractivity contribution < 1.29 is 0 Å². The van der Waals surface area contributed by atoms with Crippen molar-refractivity contribution in [1.29, 1.82) is 0 Å². The Morgan fingerprint density at radius 3 is 1.89 bits per heavy atom. The van der Waals surface area contributed by atoms with Crippen LogP contribution in [0.15, 0.2) is 152 Å². The molecule has 0 bridgehead atoms. The van der Waals surface area contributed by atoms with E-state index in [1.54, 1.807) is 0 Å². The second-order valence-electron chi connectivity index (χ2n) is 12.6. The van der Waals surface area contributed by atoms with Crippen molar-refractivity contribution in [3.05, 3.63) is 152 Å². The smallest absolute Gasteiger partial charge is 0.0540 e. The minimum atomic E-state index is -0.0896. The molecule has 44 heavy (non-hydrogen) atoms.